The van der Waals surface area contributed by atoms with Gasteiger partial charge in [0.25, 0.3) is 5.69 Å². The summed E-state index contributed by atoms with van der Waals surface area (Å²) < 4.78 is 0. The van der Waals surface area contributed by atoms with E-state index in [1.807, 2.05) is 24.3 Å². The summed E-state index contributed by atoms with van der Waals surface area (Å²) >= 11 is 17.9. The van der Waals surface area contributed by atoms with E-state index in [2.05, 4.69) is 15.5 Å². The molecule has 0 bridgehead atoms. The van der Waals surface area contributed by atoms with Crippen LogP contribution >= 0.6 is 34.8 Å². The topological polar surface area (TPSA) is 79.9 Å². The highest BCUT2D eigenvalue weighted by molar-refractivity contribution is 6.39. The predicted molar refractivity (Wildman–Crippen MR) is 108 cm³/mol. The molecule has 0 saturated carbocycles. The predicted octanol–water partition coefficient (Wildman–Crippen LogP) is 7.71. The largest absolute Gasteiger partial charge is 0.356 e. The van der Waals surface area contributed by atoms with Crippen LogP contribution in [0.1, 0.15) is 0 Å². The van der Waals surface area contributed by atoms with Gasteiger partial charge in [0, 0.05) is 28.5 Å². The van der Waals surface area contributed by atoms with Crippen LogP contribution in [0.15, 0.2) is 70.9 Å². The Hall–Kier alpha value is -2.67. The number of nitrogens with one attached hydrogen (secondary N) is 1. The standard InChI is InChI=1S/C18H11Cl3N4O2/c19-11-1-3-12(4-2-11)22-13-5-7-14(8-6-13)23-24-18-16(20)9-15(25(26)27)10-17(18)21/h1-10,22H. The maximum atomic E-state index is 10.8. The zero-order valence-corrected chi connectivity index (χ0v) is 15.8. The average Bonchev–Trinajstić information content (AvgIpc) is 2.64. The first-order chi connectivity index (χ1) is 12.9. The van der Waals surface area contributed by atoms with Gasteiger partial charge in [-0.25, -0.2) is 0 Å². The maximum Gasteiger partial charge on any atom is 0.272 e. The lowest BCUT2D eigenvalue weighted by Crippen LogP contribution is -1.88. The summed E-state index contributed by atoms with van der Waals surface area (Å²) in [6, 6.07) is 16.9. The van der Waals surface area contributed by atoms with Crippen molar-refractivity contribution in [1.82, 2.24) is 0 Å². The smallest absolute Gasteiger partial charge is 0.272 e. The van der Waals surface area contributed by atoms with Crippen LogP contribution in [0.3, 0.4) is 0 Å². The molecule has 9 heteroatoms. The van der Waals surface area contributed by atoms with Gasteiger partial charge in [0.1, 0.15) is 5.69 Å². The van der Waals surface area contributed by atoms with E-state index in [4.69, 9.17) is 34.8 Å². The molecule has 1 N–H and O–H groups in total. The van der Waals surface area contributed by atoms with Crippen molar-refractivity contribution in [3.05, 3.63) is 85.8 Å². The average molecular weight is 422 g/mol. The highest BCUT2D eigenvalue weighted by Gasteiger charge is 2.14. The molecule has 3 aromatic carbocycles. The van der Waals surface area contributed by atoms with E-state index in [9.17, 15) is 10.1 Å². The molecule has 3 rings (SSSR count). The van der Waals surface area contributed by atoms with Crippen LogP contribution in [0, 0.1) is 10.1 Å². The third-order valence-electron chi connectivity index (χ3n) is 3.48. The summed E-state index contributed by atoms with van der Waals surface area (Å²) in [7, 11) is 0. The van der Waals surface area contributed by atoms with Crippen LogP contribution in [-0.4, -0.2) is 4.92 Å². The number of nitro benzene ring substituents is 1. The number of azo groups is 1. The lowest BCUT2D eigenvalue weighted by atomic mass is 10.2. The Labute approximate surface area is 169 Å². The van der Waals surface area contributed by atoms with Gasteiger partial charge >= 0.3 is 0 Å². The molecule has 0 spiro atoms. The van der Waals surface area contributed by atoms with E-state index in [1.54, 1.807) is 24.3 Å². The van der Waals surface area contributed by atoms with Crippen molar-refractivity contribution in [1.29, 1.82) is 0 Å². The van der Waals surface area contributed by atoms with E-state index in [0.717, 1.165) is 11.4 Å². The maximum absolute atomic E-state index is 10.8. The molecule has 0 aromatic heterocycles. The molecule has 0 unspecified atom stereocenters. The van der Waals surface area contributed by atoms with Gasteiger partial charge in [-0.1, -0.05) is 34.8 Å². The zero-order valence-electron chi connectivity index (χ0n) is 13.6. The number of benzene rings is 3. The van der Waals surface area contributed by atoms with Crippen molar-refractivity contribution in [3.8, 4) is 0 Å². The second-order valence-electron chi connectivity index (χ2n) is 5.39. The molecule has 0 saturated heterocycles. The van der Waals surface area contributed by atoms with Crippen molar-refractivity contribution in [3.63, 3.8) is 0 Å². The zero-order chi connectivity index (χ0) is 19.4. The van der Waals surface area contributed by atoms with E-state index in [0.29, 0.717) is 10.7 Å². The van der Waals surface area contributed by atoms with Gasteiger partial charge in [0.15, 0.2) is 0 Å². The molecule has 27 heavy (non-hydrogen) atoms. The molecule has 0 amide bonds. The van der Waals surface area contributed by atoms with Crippen LogP contribution in [-0.2, 0) is 0 Å². The van der Waals surface area contributed by atoms with Crippen LogP contribution in [0.4, 0.5) is 28.4 Å². The summed E-state index contributed by atoms with van der Waals surface area (Å²) in [5.74, 6) is 0. The lowest BCUT2D eigenvalue weighted by molar-refractivity contribution is -0.384. The van der Waals surface area contributed by atoms with Gasteiger partial charge < -0.3 is 5.32 Å². The molecule has 3 aromatic rings. The molecule has 0 aliphatic carbocycles. The normalized spacial score (nSPS) is 10.9. The van der Waals surface area contributed by atoms with Gasteiger partial charge in [-0.05, 0) is 48.5 Å². The quantitative estimate of drug-likeness (QED) is 0.260. The van der Waals surface area contributed by atoms with Crippen molar-refractivity contribution in [2.24, 2.45) is 10.2 Å². The van der Waals surface area contributed by atoms with E-state index >= 15 is 0 Å². The van der Waals surface area contributed by atoms with Crippen molar-refractivity contribution in [2.75, 3.05) is 5.32 Å². The minimum absolute atomic E-state index is 0.0546. The van der Waals surface area contributed by atoms with Crippen LogP contribution < -0.4 is 5.32 Å². The molecule has 0 atom stereocenters. The Kier molecular flexibility index (Phi) is 5.91. The number of hydrogen-bond acceptors (Lipinski definition) is 5. The van der Waals surface area contributed by atoms with Gasteiger partial charge in [-0.3, -0.25) is 10.1 Å². The molecular weight excluding hydrogens is 411 g/mol. The molecule has 6 nitrogen and oxygen atoms in total. The van der Waals surface area contributed by atoms with Gasteiger partial charge in [-0.15, -0.1) is 5.11 Å². The van der Waals surface area contributed by atoms with Gasteiger partial charge in [0.05, 0.1) is 20.7 Å². The van der Waals surface area contributed by atoms with E-state index in [-0.39, 0.29) is 21.4 Å². The van der Waals surface area contributed by atoms with Gasteiger partial charge in [0.2, 0.25) is 0 Å². The summed E-state index contributed by atoms with van der Waals surface area (Å²) in [4.78, 5) is 10.2. The molecule has 136 valence electrons. The van der Waals surface area contributed by atoms with Crippen LogP contribution in [0.5, 0.6) is 0 Å². The summed E-state index contributed by atoms with van der Waals surface area (Å²) in [5.41, 5.74) is 2.30. The second-order valence-corrected chi connectivity index (χ2v) is 6.64. The minimum atomic E-state index is -0.578. The monoisotopic (exact) mass is 420 g/mol. The molecule has 0 radical (unpaired) electrons. The third-order valence-corrected chi connectivity index (χ3v) is 4.31. The number of hydrogen-bond donors (Lipinski definition) is 1. The SMILES string of the molecule is O=[N+]([O-])c1cc(Cl)c(N=Nc2ccc(Nc3ccc(Cl)cc3)cc2)c(Cl)c1. The highest BCUT2D eigenvalue weighted by atomic mass is 35.5. The number of nitrogens with zero attached hydrogens (tertiary/aromatic N) is 3. The Bertz CT molecular complexity index is 983. The molecule has 0 fully saturated rings. The highest BCUT2D eigenvalue weighted by Crippen LogP contribution is 2.37. The molecule has 0 aliphatic heterocycles. The van der Waals surface area contributed by atoms with Crippen molar-refractivity contribution < 1.29 is 4.92 Å². The van der Waals surface area contributed by atoms with Crippen molar-refractivity contribution >= 4 is 63.2 Å². The van der Waals surface area contributed by atoms with Crippen LogP contribution in [0.2, 0.25) is 15.1 Å². The van der Waals surface area contributed by atoms with Crippen LogP contribution in [0.25, 0.3) is 0 Å². The summed E-state index contributed by atoms with van der Waals surface area (Å²) in [6.45, 7) is 0. The number of rotatable bonds is 5. The number of nitro groups is 1. The Balaban J connectivity index is 1.74. The molecular formula is C18H11Cl3N4O2. The molecule has 0 aliphatic rings. The number of anilines is 2. The van der Waals surface area contributed by atoms with Crippen molar-refractivity contribution in [2.45, 2.75) is 0 Å². The fraction of sp³-hybridized carbons (Fsp3) is 0. The second kappa shape index (κ2) is 8.35. The van der Waals surface area contributed by atoms with E-state index < -0.39 is 4.92 Å². The summed E-state index contributed by atoms with van der Waals surface area (Å²) in [6.07, 6.45) is 0. The number of halogens is 3. The summed E-state index contributed by atoms with van der Waals surface area (Å²) in [5, 5.41) is 22.9. The third kappa shape index (κ3) is 4.95. The first-order valence-electron chi connectivity index (χ1n) is 7.60. The Morgan fingerprint density at radius 1 is 0.815 bits per heavy atom. The Morgan fingerprint density at radius 3 is 1.85 bits per heavy atom. The fourth-order valence-corrected chi connectivity index (χ4v) is 2.85. The lowest BCUT2D eigenvalue weighted by Gasteiger charge is -2.06. The van der Waals surface area contributed by atoms with Gasteiger partial charge in [-0.2, -0.15) is 5.11 Å². The first-order valence-corrected chi connectivity index (χ1v) is 8.73. The fourth-order valence-electron chi connectivity index (χ4n) is 2.17. The number of non-ortho nitro benzene ring substituents is 1. The first kappa shape index (κ1) is 19.1. The Morgan fingerprint density at radius 2 is 1.33 bits per heavy atom. The minimum Gasteiger partial charge on any atom is -0.356 e. The van der Waals surface area contributed by atoms with E-state index in [1.165, 1.54) is 12.1 Å². The molecule has 0 heterocycles.